The van der Waals surface area contributed by atoms with Crippen LogP contribution in [0.4, 0.5) is 18.0 Å². The van der Waals surface area contributed by atoms with Crippen molar-refractivity contribution >= 4 is 22.1 Å². The molecule has 236 valence electrons. The van der Waals surface area contributed by atoms with Crippen LogP contribution in [0.1, 0.15) is 31.0 Å². The predicted octanol–water partition coefficient (Wildman–Crippen LogP) is 4.08. The molecule has 1 aliphatic heterocycles. The fraction of sp³-hybridized carbons (Fsp3) is 0.346. The van der Waals surface area contributed by atoms with E-state index in [2.05, 4.69) is 20.0 Å². The zero-order valence-corrected chi connectivity index (χ0v) is 24.2. The van der Waals surface area contributed by atoms with Gasteiger partial charge in [-0.15, -0.1) is 5.01 Å². The second kappa shape index (κ2) is 13.2. The number of hydrogen-bond acceptors (Lipinski definition) is 10. The van der Waals surface area contributed by atoms with E-state index in [1.807, 2.05) is 6.92 Å². The number of alkyl halides is 3. The number of aromatic nitrogens is 2. The van der Waals surface area contributed by atoms with Gasteiger partial charge in [-0.25, -0.2) is 22.6 Å². The van der Waals surface area contributed by atoms with E-state index in [0.717, 1.165) is 33.5 Å². The maximum absolute atomic E-state index is 13.5. The van der Waals surface area contributed by atoms with E-state index < -0.39 is 46.9 Å². The zero-order chi connectivity index (χ0) is 32.1. The van der Waals surface area contributed by atoms with Crippen molar-refractivity contribution in [2.24, 2.45) is 5.28 Å². The SMILES string of the molecule is CCC(=O)OCO/N=[N+](/[O-])N1CCC(OC(=O)NS(=O)(=O)c2ccc(-n3nc(C(F)(F)F)cc3-c3ccc(C)cc3)cc2)C1. The Morgan fingerprint density at radius 3 is 2.48 bits per heavy atom. The Kier molecular flexibility index (Phi) is 9.61. The van der Waals surface area contributed by atoms with Gasteiger partial charge in [0.05, 0.1) is 27.8 Å². The Morgan fingerprint density at radius 1 is 1.16 bits per heavy atom. The summed E-state index contributed by atoms with van der Waals surface area (Å²) < 4.78 is 78.5. The molecule has 2 heterocycles. The number of aryl methyl sites for hydroxylation is 1. The van der Waals surface area contributed by atoms with E-state index in [0.29, 0.717) is 5.56 Å². The molecular weight excluding hydrogens is 613 g/mol. The third-order valence-electron chi connectivity index (χ3n) is 6.28. The number of hydrogen-bond donors (Lipinski definition) is 1. The zero-order valence-electron chi connectivity index (χ0n) is 23.4. The highest BCUT2D eigenvalue weighted by molar-refractivity contribution is 7.90. The molecule has 0 spiro atoms. The Bertz CT molecular complexity index is 1630. The minimum Gasteiger partial charge on any atom is -0.569 e. The topological polar surface area (TPSA) is 167 Å². The molecule has 44 heavy (non-hydrogen) atoms. The largest absolute Gasteiger partial charge is 0.569 e. The molecule has 1 aliphatic rings. The monoisotopic (exact) mass is 640 g/mol. The molecule has 1 unspecified atom stereocenters. The molecule has 1 saturated heterocycles. The maximum atomic E-state index is 13.5. The van der Waals surface area contributed by atoms with Gasteiger partial charge in [0.1, 0.15) is 12.6 Å². The van der Waals surface area contributed by atoms with Gasteiger partial charge in [0.2, 0.25) is 5.28 Å². The molecule has 3 aromatic rings. The Hall–Kier alpha value is -4.87. The summed E-state index contributed by atoms with van der Waals surface area (Å²) in [6, 6.07) is 12.4. The average molecular weight is 641 g/mol. The smallest absolute Gasteiger partial charge is 0.435 e. The molecule has 2 aromatic carbocycles. The van der Waals surface area contributed by atoms with Crippen LogP contribution in [0.15, 0.2) is 64.8 Å². The highest BCUT2D eigenvalue weighted by atomic mass is 32.2. The molecule has 0 saturated carbocycles. The van der Waals surface area contributed by atoms with Crippen molar-refractivity contribution in [3.63, 3.8) is 0 Å². The number of rotatable bonds is 10. The van der Waals surface area contributed by atoms with Crippen LogP contribution < -0.4 is 4.72 Å². The lowest BCUT2D eigenvalue weighted by Gasteiger charge is -2.14. The van der Waals surface area contributed by atoms with Crippen molar-refractivity contribution in [3.8, 4) is 16.9 Å². The van der Waals surface area contributed by atoms with Crippen LogP contribution in [0.2, 0.25) is 0 Å². The van der Waals surface area contributed by atoms with Gasteiger partial charge in [0, 0.05) is 18.4 Å². The van der Waals surface area contributed by atoms with Gasteiger partial charge in [-0.05, 0) is 37.3 Å². The Balaban J connectivity index is 1.39. The molecule has 0 bridgehead atoms. The summed E-state index contributed by atoms with van der Waals surface area (Å²) in [5, 5.41) is 20.0. The van der Waals surface area contributed by atoms with Crippen molar-refractivity contribution in [2.45, 2.75) is 43.9 Å². The summed E-state index contributed by atoms with van der Waals surface area (Å²) in [4.78, 5) is 27.7. The highest BCUT2D eigenvalue weighted by Gasteiger charge is 2.35. The van der Waals surface area contributed by atoms with Gasteiger partial charge >= 0.3 is 18.2 Å². The lowest BCUT2D eigenvalue weighted by atomic mass is 10.1. The first-order valence-electron chi connectivity index (χ1n) is 13.1. The molecule has 18 heteroatoms. The van der Waals surface area contributed by atoms with Gasteiger partial charge in [0.25, 0.3) is 16.8 Å². The first-order chi connectivity index (χ1) is 20.8. The first-order valence-corrected chi connectivity index (χ1v) is 14.5. The summed E-state index contributed by atoms with van der Waals surface area (Å²) in [7, 11) is -4.44. The van der Waals surface area contributed by atoms with Crippen LogP contribution in [-0.4, -0.2) is 66.2 Å². The first kappa shape index (κ1) is 32.1. The van der Waals surface area contributed by atoms with E-state index in [9.17, 15) is 36.4 Å². The predicted molar refractivity (Wildman–Crippen MR) is 144 cm³/mol. The maximum Gasteiger partial charge on any atom is 0.435 e. The molecular formula is C26H27F3N6O8S. The van der Waals surface area contributed by atoms with Gasteiger partial charge in [0.15, 0.2) is 5.69 Å². The number of hydrazine groups is 1. The molecule has 1 aromatic heterocycles. The molecule has 0 aliphatic carbocycles. The van der Waals surface area contributed by atoms with Crippen molar-refractivity contribution in [3.05, 3.63) is 71.1 Å². The molecule has 4 rings (SSSR count). The van der Waals surface area contributed by atoms with Crippen LogP contribution in [0.5, 0.6) is 0 Å². The van der Waals surface area contributed by atoms with Crippen molar-refractivity contribution in [1.82, 2.24) is 19.5 Å². The van der Waals surface area contributed by atoms with Gasteiger partial charge < -0.3 is 19.5 Å². The standard InChI is InChI=1S/C26H27F3N6O8S/c1-3-24(36)41-16-42-32-35(38)33-13-12-20(15-33)43-25(37)31-44(39,40)21-10-8-19(9-11-21)34-22(14-23(30-34)26(27,28)29)18-6-4-17(2)5-7-18/h4-11,14,20H,3,12-13,15-16H2,1-2H3,(H,31,37)/b35-32+. The van der Waals surface area contributed by atoms with Crippen molar-refractivity contribution in [1.29, 1.82) is 0 Å². The quantitative estimate of drug-likeness (QED) is 0.0852. The van der Waals surface area contributed by atoms with Gasteiger partial charge in [-0.1, -0.05) is 36.8 Å². The second-order valence-electron chi connectivity index (χ2n) is 9.47. The van der Waals surface area contributed by atoms with Gasteiger partial charge in [-0.3, -0.25) is 4.79 Å². The number of amides is 1. The van der Waals surface area contributed by atoms with Crippen LogP contribution in [0, 0.1) is 12.1 Å². The van der Waals surface area contributed by atoms with Gasteiger partial charge in [-0.2, -0.15) is 18.3 Å². The Labute approximate surface area is 249 Å². The average Bonchev–Trinajstić information content (AvgIpc) is 3.63. The molecule has 0 radical (unpaired) electrons. The number of carbonyl (C=O) groups excluding carboxylic acids is 2. The summed E-state index contributed by atoms with van der Waals surface area (Å²) in [6.45, 7) is 2.82. The summed E-state index contributed by atoms with van der Waals surface area (Å²) in [5.41, 5.74) is 0.518. The molecule has 1 N–H and O–H groups in total. The van der Waals surface area contributed by atoms with Crippen LogP contribution >= 0.6 is 0 Å². The summed E-state index contributed by atoms with van der Waals surface area (Å²) in [5.74, 6) is -0.547. The number of benzene rings is 2. The van der Waals surface area contributed by atoms with E-state index in [1.165, 1.54) is 12.1 Å². The van der Waals surface area contributed by atoms with Crippen molar-refractivity contribution in [2.75, 3.05) is 19.9 Å². The fourth-order valence-corrected chi connectivity index (χ4v) is 4.92. The molecule has 14 nitrogen and oxygen atoms in total. The number of esters is 1. The molecule has 1 amide bonds. The highest BCUT2D eigenvalue weighted by Crippen LogP contribution is 2.33. The van der Waals surface area contributed by atoms with E-state index in [4.69, 9.17) is 4.74 Å². The number of halogens is 3. The molecule has 1 atom stereocenters. The summed E-state index contributed by atoms with van der Waals surface area (Å²) in [6.07, 6.45) is -6.59. The fourth-order valence-electron chi connectivity index (χ4n) is 4.04. The third-order valence-corrected chi connectivity index (χ3v) is 7.61. The Morgan fingerprint density at radius 2 is 1.84 bits per heavy atom. The normalized spacial score (nSPS) is 15.6. The minimum atomic E-state index is -4.71. The number of ether oxygens (including phenoxy) is 2. The number of nitrogens with one attached hydrogen (secondary N) is 1. The van der Waals surface area contributed by atoms with E-state index >= 15 is 0 Å². The molecule has 1 fully saturated rings. The van der Waals surface area contributed by atoms with Crippen LogP contribution in [0.25, 0.3) is 16.9 Å². The number of nitrogens with zero attached hydrogens (tertiary/aromatic N) is 5. The van der Waals surface area contributed by atoms with Crippen molar-refractivity contribution < 1.29 is 50.5 Å². The lowest BCUT2D eigenvalue weighted by molar-refractivity contribution is -0.708. The summed E-state index contributed by atoms with van der Waals surface area (Å²) >= 11 is 0. The second-order valence-corrected chi connectivity index (χ2v) is 11.2. The number of carbonyl (C=O) groups is 2. The lowest BCUT2D eigenvalue weighted by Crippen LogP contribution is -2.35. The minimum absolute atomic E-state index is 0.0842. The number of sulfonamides is 1. The van der Waals surface area contributed by atoms with E-state index in [1.54, 1.807) is 35.9 Å². The van der Waals surface area contributed by atoms with E-state index in [-0.39, 0.29) is 47.2 Å². The van der Waals surface area contributed by atoms with Crippen LogP contribution in [-0.2, 0) is 35.3 Å². The third kappa shape index (κ3) is 7.94. The van der Waals surface area contributed by atoms with Crippen LogP contribution in [0.3, 0.4) is 0 Å².